The molecule has 0 radical (unpaired) electrons. The van der Waals surface area contributed by atoms with Crippen LogP contribution in [0.25, 0.3) is 0 Å². The maximum atomic E-state index is 10.5. The van der Waals surface area contributed by atoms with Crippen LogP contribution in [0.4, 0.5) is 0 Å². The molecule has 0 unspecified atom stereocenters. The van der Waals surface area contributed by atoms with E-state index in [1.165, 1.54) is 0 Å². The Morgan fingerprint density at radius 2 is 2.19 bits per heavy atom. The Balaban J connectivity index is 2.84. The van der Waals surface area contributed by atoms with Crippen LogP contribution in [0.2, 0.25) is 0 Å². The first-order chi connectivity index (χ1) is 7.67. The highest BCUT2D eigenvalue weighted by atomic mass is 16.5. The van der Waals surface area contributed by atoms with E-state index in [4.69, 9.17) is 14.6 Å². The number of ether oxygens (including phenoxy) is 2. The summed E-state index contributed by atoms with van der Waals surface area (Å²) in [6.07, 6.45) is 0.571. The van der Waals surface area contributed by atoms with Crippen LogP contribution in [0, 0.1) is 0 Å². The minimum atomic E-state index is -0.807. The van der Waals surface area contributed by atoms with E-state index in [1.54, 1.807) is 19.2 Å². The normalized spacial score (nSPS) is 9.88. The average molecular weight is 224 g/mol. The van der Waals surface area contributed by atoms with Crippen molar-refractivity contribution < 1.29 is 19.4 Å². The lowest BCUT2D eigenvalue weighted by atomic mass is 10.1. The summed E-state index contributed by atoms with van der Waals surface area (Å²) in [6, 6.07) is 5.42. The molecule has 4 heteroatoms. The van der Waals surface area contributed by atoms with E-state index in [0.717, 1.165) is 5.56 Å². The smallest absolute Gasteiger partial charge is 0.303 e. The Kier molecular flexibility index (Phi) is 4.64. The Morgan fingerprint density at radius 1 is 1.44 bits per heavy atom. The van der Waals surface area contributed by atoms with Gasteiger partial charge < -0.3 is 14.6 Å². The van der Waals surface area contributed by atoms with E-state index >= 15 is 0 Å². The fourth-order valence-electron chi connectivity index (χ4n) is 1.40. The number of carboxylic acid groups (broad SMARTS) is 1. The molecule has 0 aliphatic heterocycles. The van der Waals surface area contributed by atoms with Gasteiger partial charge in [0.1, 0.15) is 11.5 Å². The molecule has 0 saturated heterocycles. The average Bonchev–Trinajstić information content (AvgIpc) is 2.27. The number of carboxylic acids is 1. The third kappa shape index (κ3) is 3.46. The van der Waals surface area contributed by atoms with E-state index in [1.807, 2.05) is 13.0 Å². The first-order valence-electron chi connectivity index (χ1n) is 5.19. The fourth-order valence-corrected chi connectivity index (χ4v) is 1.40. The molecule has 0 spiro atoms. The van der Waals surface area contributed by atoms with Gasteiger partial charge in [-0.05, 0) is 25.0 Å². The van der Waals surface area contributed by atoms with E-state index in [2.05, 4.69) is 0 Å². The second-order valence-electron chi connectivity index (χ2n) is 3.30. The van der Waals surface area contributed by atoms with Gasteiger partial charge in [-0.25, -0.2) is 0 Å². The zero-order chi connectivity index (χ0) is 12.0. The van der Waals surface area contributed by atoms with Gasteiger partial charge in [-0.15, -0.1) is 0 Å². The van der Waals surface area contributed by atoms with Crippen molar-refractivity contribution in [1.82, 2.24) is 0 Å². The molecule has 0 aliphatic rings. The second kappa shape index (κ2) is 6.00. The molecular weight excluding hydrogens is 208 g/mol. The van der Waals surface area contributed by atoms with Crippen molar-refractivity contribution in [2.75, 3.05) is 13.7 Å². The predicted octanol–water partition coefficient (Wildman–Crippen LogP) is 2.11. The molecule has 1 aromatic carbocycles. The van der Waals surface area contributed by atoms with E-state index in [-0.39, 0.29) is 6.42 Å². The Morgan fingerprint density at radius 3 is 2.75 bits per heavy atom. The third-order valence-electron chi connectivity index (χ3n) is 2.18. The van der Waals surface area contributed by atoms with Gasteiger partial charge in [0.15, 0.2) is 0 Å². The number of hydrogen-bond acceptors (Lipinski definition) is 3. The van der Waals surface area contributed by atoms with Gasteiger partial charge in [0, 0.05) is 12.5 Å². The van der Waals surface area contributed by atoms with Crippen molar-refractivity contribution in [2.45, 2.75) is 19.8 Å². The van der Waals surface area contributed by atoms with Crippen molar-refractivity contribution in [3.63, 3.8) is 0 Å². The first-order valence-corrected chi connectivity index (χ1v) is 5.19. The minimum absolute atomic E-state index is 0.104. The summed E-state index contributed by atoms with van der Waals surface area (Å²) in [6.45, 7) is 2.44. The number of aliphatic carboxylic acids is 1. The van der Waals surface area contributed by atoms with Gasteiger partial charge in [-0.1, -0.05) is 6.07 Å². The lowest BCUT2D eigenvalue weighted by molar-refractivity contribution is -0.136. The second-order valence-corrected chi connectivity index (χ2v) is 3.30. The maximum Gasteiger partial charge on any atom is 0.303 e. The minimum Gasteiger partial charge on any atom is -0.497 e. The zero-order valence-corrected chi connectivity index (χ0v) is 9.53. The summed E-state index contributed by atoms with van der Waals surface area (Å²) in [7, 11) is 1.59. The summed E-state index contributed by atoms with van der Waals surface area (Å²) < 4.78 is 10.5. The van der Waals surface area contributed by atoms with Crippen molar-refractivity contribution >= 4 is 5.97 Å². The highest BCUT2D eigenvalue weighted by Gasteiger charge is 2.07. The summed E-state index contributed by atoms with van der Waals surface area (Å²) in [4.78, 5) is 10.5. The Bertz CT molecular complexity index is 360. The lowest BCUT2D eigenvalue weighted by Crippen LogP contribution is -2.01. The number of benzene rings is 1. The fraction of sp³-hybridized carbons (Fsp3) is 0.417. The lowest BCUT2D eigenvalue weighted by Gasteiger charge is -2.11. The van der Waals surface area contributed by atoms with Gasteiger partial charge in [-0.3, -0.25) is 4.79 Å². The summed E-state index contributed by atoms with van der Waals surface area (Å²) in [5.41, 5.74) is 0.894. The summed E-state index contributed by atoms with van der Waals surface area (Å²) in [5.74, 6) is 0.601. The van der Waals surface area contributed by atoms with Gasteiger partial charge in [0.2, 0.25) is 0 Å². The van der Waals surface area contributed by atoms with Crippen LogP contribution in [0.1, 0.15) is 18.9 Å². The molecule has 1 N–H and O–H groups in total. The van der Waals surface area contributed by atoms with Crippen molar-refractivity contribution in [1.29, 1.82) is 0 Å². The predicted molar refractivity (Wildman–Crippen MR) is 60.1 cm³/mol. The number of rotatable bonds is 6. The quantitative estimate of drug-likeness (QED) is 0.804. The van der Waals surface area contributed by atoms with Crippen LogP contribution < -0.4 is 9.47 Å². The molecular formula is C12H16O4. The molecule has 0 aliphatic carbocycles. The van der Waals surface area contributed by atoms with E-state index in [0.29, 0.717) is 24.5 Å². The maximum absolute atomic E-state index is 10.5. The molecule has 0 bridgehead atoms. The van der Waals surface area contributed by atoms with E-state index in [9.17, 15) is 4.79 Å². The van der Waals surface area contributed by atoms with Crippen LogP contribution in [-0.2, 0) is 11.2 Å². The van der Waals surface area contributed by atoms with Crippen molar-refractivity contribution in [2.24, 2.45) is 0 Å². The topological polar surface area (TPSA) is 55.8 Å². The van der Waals surface area contributed by atoms with Gasteiger partial charge in [-0.2, -0.15) is 0 Å². The van der Waals surface area contributed by atoms with Gasteiger partial charge in [0.05, 0.1) is 13.7 Å². The van der Waals surface area contributed by atoms with Crippen molar-refractivity contribution in [3.8, 4) is 11.5 Å². The molecule has 0 amide bonds. The van der Waals surface area contributed by atoms with Crippen molar-refractivity contribution in [3.05, 3.63) is 23.8 Å². The Labute approximate surface area is 94.8 Å². The Hall–Kier alpha value is -1.71. The molecule has 0 saturated carbocycles. The summed E-state index contributed by atoms with van der Waals surface area (Å²) >= 11 is 0. The third-order valence-corrected chi connectivity index (χ3v) is 2.18. The number of methoxy groups -OCH3 is 1. The monoisotopic (exact) mass is 224 g/mol. The van der Waals surface area contributed by atoms with Crippen LogP contribution >= 0.6 is 0 Å². The molecule has 1 aromatic rings. The standard InChI is InChI=1S/C12H16O4/c1-3-16-11-8-10(15-2)6-4-9(11)5-7-12(13)14/h4,6,8H,3,5,7H2,1-2H3,(H,13,14). The molecule has 0 atom stereocenters. The van der Waals surface area contributed by atoms with Crippen LogP contribution in [-0.4, -0.2) is 24.8 Å². The molecule has 4 nitrogen and oxygen atoms in total. The molecule has 88 valence electrons. The van der Waals surface area contributed by atoms with Crippen LogP contribution in [0.3, 0.4) is 0 Å². The molecule has 0 heterocycles. The van der Waals surface area contributed by atoms with E-state index < -0.39 is 5.97 Å². The first kappa shape index (κ1) is 12.4. The number of hydrogen-bond donors (Lipinski definition) is 1. The molecule has 0 fully saturated rings. The SMILES string of the molecule is CCOc1cc(OC)ccc1CCC(=O)O. The molecule has 16 heavy (non-hydrogen) atoms. The molecule has 0 aromatic heterocycles. The van der Waals surface area contributed by atoms with Gasteiger partial charge >= 0.3 is 5.97 Å². The molecule has 1 rings (SSSR count). The van der Waals surface area contributed by atoms with Crippen LogP contribution in [0.15, 0.2) is 18.2 Å². The highest BCUT2D eigenvalue weighted by Crippen LogP contribution is 2.25. The van der Waals surface area contributed by atoms with Crippen LogP contribution in [0.5, 0.6) is 11.5 Å². The van der Waals surface area contributed by atoms with Gasteiger partial charge in [0.25, 0.3) is 0 Å². The number of carbonyl (C=O) groups is 1. The number of aryl methyl sites for hydroxylation is 1. The highest BCUT2D eigenvalue weighted by molar-refractivity contribution is 5.67. The summed E-state index contributed by atoms with van der Waals surface area (Å²) in [5, 5.41) is 8.63. The largest absolute Gasteiger partial charge is 0.497 e. The zero-order valence-electron chi connectivity index (χ0n) is 9.53.